The lowest BCUT2D eigenvalue weighted by Gasteiger charge is -2.34. The summed E-state index contributed by atoms with van der Waals surface area (Å²) in [6, 6.07) is 0.154. The molecule has 3 rings (SSSR count). The molecule has 0 unspecified atom stereocenters. The fourth-order valence-corrected chi connectivity index (χ4v) is 5.03. The van der Waals surface area contributed by atoms with Crippen molar-refractivity contribution in [3.63, 3.8) is 0 Å². The van der Waals surface area contributed by atoms with E-state index in [1.807, 2.05) is 23.6 Å². The molecule has 3 aliphatic rings. The number of amides is 2. The fraction of sp³-hybridized carbons (Fsp3) is 0.857. The molecule has 2 amide bonds. The second kappa shape index (κ2) is 8.10. The SMILES string of the molecule is CC(C)C(=O)[C@@H]1CCCN1C(=O)C1CCC(C(=O)N2CCC[C@H]2C)CC1. The zero-order valence-corrected chi connectivity index (χ0v) is 16.6. The van der Waals surface area contributed by atoms with E-state index in [2.05, 4.69) is 6.92 Å². The smallest absolute Gasteiger partial charge is 0.226 e. The van der Waals surface area contributed by atoms with Crippen LogP contribution in [0.25, 0.3) is 0 Å². The van der Waals surface area contributed by atoms with Gasteiger partial charge < -0.3 is 9.80 Å². The van der Waals surface area contributed by atoms with Gasteiger partial charge in [-0.25, -0.2) is 0 Å². The molecular weight excluding hydrogens is 328 g/mol. The number of hydrogen-bond acceptors (Lipinski definition) is 3. The summed E-state index contributed by atoms with van der Waals surface area (Å²) in [5.74, 6) is 0.714. The van der Waals surface area contributed by atoms with E-state index in [0.717, 1.165) is 57.9 Å². The third kappa shape index (κ3) is 3.81. The Morgan fingerprint density at radius 2 is 1.27 bits per heavy atom. The Kier molecular flexibility index (Phi) is 6.03. The molecule has 3 fully saturated rings. The van der Waals surface area contributed by atoms with Crippen molar-refractivity contribution in [2.45, 2.75) is 84.2 Å². The minimum absolute atomic E-state index is 0.00406. The molecule has 2 aliphatic heterocycles. The molecule has 0 bridgehead atoms. The quantitative estimate of drug-likeness (QED) is 0.772. The Bertz CT molecular complexity index is 551. The third-order valence-electron chi connectivity index (χ3n) is 6.70. The zero-order chi connectivity index (χ0) is 18.8. The van der Waals surface area contributed by atoms with Crippen LogP contribution in [0.1, 0.15) is 72.1 Å². The molecule has 1 aliphatic carbocycles. The Balaban J connectivity index is 1.55. The normalized spacial score (nSPS) is 32.3. The maximum Gasteiger partial charge on any atom is 0.226 e. The van der Waals surface area contributed by atoms with Crippen LogP contribution < -0.4 is 0 Å². The summed E-state index contributed by atoms with van der Waals surface area (Å²) in [5, 5.41) is 0. The number of nitrogens with zero attached hydrogens (tertiary/aromatic N) is 2. The first-order valence-corrected chi connectivity index (χ1v) is 10.5. The highest BCUT2D eigenvalue weighted by Gasteiger charge is 2.40. The van der Waals surface area contributed by atoms with Crippen molar-refractivity contribution in [1.82, 2.24) is 9.80 Å². The second-order valence-corrected chi connectivity index (χ2v) is 8.82. The van der Waals surface area contributed by atoms with Crippen LogP contribution in [0.4, 0.5) is 0 Å². The molecule has 0 aromatic rings. The van der Waals surface area contributed by atoms with Crippen molar-refractivity contribution < 1.29 is 14.4 Å². The van der Waals surface area contributed by atoms with Gasteiger partial charge in [0, 0.05) is 36.9 Å². The van der Waals surface area contributed by atoms with E-state index in [1.165, 1.54) is 0 Å². The lowest BCUT2D eigenvalue weighted by molar-refractivity contribution is -0.144. The average Bonchev–Trinajstić information content (AvgIpc) is 3.28. The Morgan fingerprint density at radius 1 is 0.769 bits per heavy atom. The molecule has 2 saturated heterocycles. The average molecular weight is 363 g/mol. The van der Waals surface area contributed by atoms with Crippen LogP contribution in [-0.4, -0.2) is 52.6 Å². The summed E-state index contributed by atoms with van der Waals surface area (Å²) in [6.45, 7) is 7.58. The van der Waals surface area contributed by atoms with Crippen LogP contribution in [0, 0.1) is 17.8 Å². The van der Waals surface area contributed by atoms with Crippen molar-refractivity contribution in [3.8, 4) is 0 Å². The minimum atomic E-state index is -0.215. The highest BCUT2D eigenvalue weighted by atomic mass is 16.2. The van der Waals surface area contributed by atoms with Crippen LogP contribution in [-0.2, 0) is 14.4 Å². The third-order valence-corrected chi connectivity index (χ3v) is 6.70. The molecule has 5 heteroatoms. The number of Topliss-reactive ketones (excluding diaryl/α,β-unsaturated/α-hetero) is 1. The molecule has 2 heterocycles. The van der Waals surface area contributed by atoms with Crippen molar-refractivity contribution in [2.24, 2.45) is 17.8 Å². The van der Waals surface area contributed by atoms with Gasteiger partial charge in [-0.2, -0.15) is 0 Å². The molecule has 0 N–H and O–H groups in total. The van der Waals surface area contributed by atoms with Gasteiger partial charge in [-0.3, -0.25) is 14.4 Å². The fourth-order valence-electron chi connectivity index (χ4n) is 5.03. The lowest BCUT2D eigenvalue weighted by atomic mass is 9.80. The monoisotopic (exact) mass is 362 g/mol. The summed E-state index contributed by atoms with van der Waals surface area (Å²) >= 11 is 0. The zero-order valence-electron chi connectivity index (χ0n) is 16.6. The summed E-state index contributed by atoms with van der Waals surface area (Å²) in [6.07, 6.45) is 7.16. The van der Waals surface area contributed by atoms with E-state index in [-0.39, 0.29) is 35.5 Å². The predicted molar refractivity (Wildman–Crippen MR) is 100 cm³/mol. The first-order chi connectivity index (χ1) is 12.4. The van der Waals surface area contributed by atoms with E-state index in [0.29, 0.717) is 18.5 Å². The number of likely N-dealkylation sites (tertiary alicyclic amines) is 2. The van der Waals surface area contributed by atoms with Crippen molar-refractivity contribution in [1.29, 1.82) is 0 Å². The Morgan fingerprint density at radius 3 is 1.77 bits per heavy atom. The van der Waals surface area contributed by atoms with E-state index < -0.39 is 0 Å². The molecule has 0 aromatic carbocycles. The molecule has 146 valence electrons. The first kappa shape index (κ1) is 19.4. The van der Waals surface area contributed by atoms with Crippen LogP contribution in [0.15, 0.2) is 0 Å². The largest absolute Gasteiger partial charge is 0.340 e. The summed E-state index contributed by atoms with van der Waals surface area (Å²) in [4.78, 5) is 42.1. The van der Waals surface area contributed by atoms with Crippen molar-refractivity contribution >= 4 is 17.6 Å². The molecule has 5 nitrogen and oxygen atoms in total. The van der Waals surface area contributed by atoms with E-state index in [9.17, 15) is 14.4 Å². The number of ketones is 1. The van der Waals surface area contributed by atoms with Gasteiger partial charge in [-0.05, 0) is 58.3 Å². The van der Waals surface area contributed by atoms with Crippen molar-refractivity contribution in [3.05, 3.63) is 0 Å². The Hall–Kier alpha value is -1.39. The topological polar surface area (TPSA) is 57.7 Å². The molecule has 1 saturated carbocycles. The summed E-state index contributed by atoms with van der Waals surface area (Å²) in [5.41, 5.74) is 0. The minimum Gasteiger partial charge on any atom is -0.340 e. The van der Waals surface area contributed by atoms with Gasteiger partial charge in [-0.15, -0.1) is 0 Å². The van der Waals surface area contributed by atoms with Gasteiger partial charge in [0.15, 0.2) is 5.78 Å². The van der Waals surface area contributed by atoms with Gasteiger partial charge in [-0.1, -0.05) is 13.8 Å². The second-order valence-electron chi connectivity index (χ2n) is 8.82. The molecule has 0 radical (unpaired) electrons. The number of carbonyl (C=O) groups is 3. The highest BCUT2D eigenvalue weighted by molar-refractivity contribution is 5.91. The molecule has 0 spiro atoms. The van der Waals surface area contributed by atoms with Crippen molar-refractivity contribution in [2.75, 3.05) is 13.1 Å². The maximum atomic E-state index is 13.0. The van der Waals surface area contributed by atoms with Gasteiger partial charge in [0.2, 0.25) is 11.8 Å². The molecule has 26 heavy (non-hydrogen) atoms. The molecule has 0 aromatic heterocycles. The van der Waals surface area contributed by atoms with E-state index >= 15 is 0 Å². The van der Waals surface area contributed by atoms with E-state index in [4.69, 9.17) is 0 Å². The first-order valence-electron chi connectivity index (χ1n) is 10.5. The Labute approximate surface area is 157 Å². The lowest BCUT2D eigenvalue weighted by Crippen LogP contribution is -2.46. The van der Waals surface area contributed by atoms with Crippen LogP contribution >= 0.6 is 0 Å². The van der Waals surface area contributed by atoms with Gasteiger partial charge in [0.25, 0.3) is 0 Å². The number of carbonyl (C=O) groups excluding carboxylic acids is 3. The number of hydrogen-bond donors (Lipinski definition) is 0. The maximum absolute atomic E-state index is 13.0. The predicted octanol–water partition coefficient (Wildman–Crippen LogP) is 3.02. The molecular formula is C21H34N2O3. The van der Waals surface area contributed by atoms with Gasteiger partial charge in [0.1, 0.15) is 0 Å². The van der Waals surface area contributed by atoms with E-state index in [1.54, 1.807) is 0 Å². The number of rotatable bonds is 4. The standard InChI is InChI=1S/C21H34N2O3/c1-14(2)19(24)18-7-5-13-23(18)21(26)17-10-8-16(9-11-17)20(25)22-12-4-6-15(22)3/h14-18H,4-13H2,1-3H3/t15-,16?,17?,18+/m1/s1. The molecule has 2 atom stereocenters. The summed E-state index contributed by atoms with van der Waals surface area (Å²) < 4.78 is 0. The highest BCUT2D eigenvalue weighted by Crippen LogP contribution is 2.34. The van der Waals surface area contributed by atoms with Crippen LogP contribution in [0.3, 0.4) is 0 Å². The van der Waals surface area contributed by atoms with Crippen LogP contribution in [0.5, 0.6) is 0 Å². The van der Waals surface area contributed by atoms with Gasteiger partial charge >= 0.3 is 0 Å². The van der Waals surface area contributed by atoms with Gasteiger partial charge in [0.05, 0.1) is 6.04 Å². The summed E-state index contributed by atoms with van der Waals surface area (Å²) in [7, 11) is 0. The van der Waals surface area contributed by atoms with Crippen LogP contribution in [0.2, 0.25) is 0 Å².